The van der Waals surface area contributed by atoms with Crippen LogP contribution in [0, 0.1) is 6.92 Å². The van der Waals surface area contributed by atoms with Crippen molar-refractivity contribution in [2.75, 3.05) is 19.7 Å². The second-order valence-electron chi connectivity index (χ2n) is 5.80. The quantitative estimate of drug-likeness (QED) is 0.422. The fraction of sp³-hybridized carbons (Fsp3) is 0.350. The number of nitrogens with two attached hydrogens (primary N) is 1. The summed E-state index contributed by atoms with van der Waals surface area (Å²) < 4.78 is 5.69. The molecule has 0 aliphatic heterocycles. The molecule has 0 spiro atoms. The predicted molar refractivity (Wildman–Crippen MR) is 101 cm³/mol. The number of aryl methyl sites for hydroxylation is 1. The third-order valence-corrected chi connectivity index (χ3v) is 3.69. The van der Waals surface area contributed by atoms with Crippen LogP contribution in [0.4, 0.5) is 0 Å². The molecule has 3 N–H and O–H groups in total. The van der Waals surface area contributed by atoms with Gasteiger partial charge in [0.25, 0.3) is 0 Å². The molecular formula is C20H27N3O. The van der Waals surface area contributed by atoms with E-state index in [1.54, 1.807) is 0 Å². The van der Waals surface area contributed by atoms with Crippen LogP contribution in [-0.4, -0.2) is 25.7 Å². The summed E-state index contributed by atoms with van der Waals surface area (Å²) in [6.45, 7) is 4.30. The normalized spacial score (nSPS) is 11.3. The molecule has 0 bridgehead atoms. The first-order valence-corrected chi connectivity index (χ1v) is 8.51. The van der Waals surface area contributed by atoms with Gasteiger partial charge in [0.2, 0.25) is 0 Å². The summed E-state index contributed by atoms with van der Waals surface area (Å²) in [5, 5.41) is 3.15. The molecule has 0 radical (unpaired) electrons. The SMILES string of the molecule is Cc1ccc(OCCCCN=C(N)NCCc2ccccc2)cc1. The van der Waals surface area contributed by atoms with Crippen LogP contribution in [0.5, 0.6) is 5.75 Å². The van der Waals surface area contributed by atoms with Gasteiger partial charge in [-0.25, -0.2) is 0 Å². The van der Waals surface area contributed by atoms with Gasteiger partial charge in [-0.2, -0.15) is 0 Å². The number of aliphatic imine (C=N–C) groups is 1. The van der Waals surface area contributed by atoms with E-state index in [4.69, 9.17) is 10.5 Å². The Hall–Kier alpha value is -2.49. The molecule has 128 valence electrons. The van der Waals surface area contributed by atoms with Crippen molar-refractivity contribution < 1.29 is 4.74 Å². The van der Waals surface area contributed by atoms with Gasteiger partial charge in [-0.15, -0.1) is 0 Å². The first kappa shape index (κ1) is 17.9. The highest BCUT2D eigenvalue weighted by molar-refractivity contribution is 5.77. The largest absolute Gasteiger partial charge is 0.494 e. The Kier molecular flexibility index (Phi) is 7.68. The molecule has 0 aliphatic carbocycles. The van der Waals surface area contributed by atoms with Gasteiger partial charge in [0.1, 0.15) is 5.75 Å². The Balaban J connectivity index is 1.52. The number of nitrogens with one attached hydrogen (secondary N) is 1. The van der Waals surface area contributed by atoms with E-state index in [1.807, 2.05) is 30.3 Å². The number of hydrogen-bond donors (Lipinski definition) is 2. The Morgan fingerprint density at radius 3 is 2.54 bits per heavy atom. The lowest BCUT2D eigenvalue weighted by Crippen LogP contribution is -2.33. The Morgan fingerprint density at radius 1 is 1.04 bits per heavy atom. The molecule has 0 saturated carbocycles. The molecule has 0 saturated heterocycles. The van der Waals surface area contributed by atoms with Crippen LogP contribution in [0.3, 0.4) is 0 Å². The van der Waals surface area contributed by atoms with Crippen molar-refractivity contribution >= 4 is 5.96 Å². The van der Waals surface area contributed by atoms with Gasteiger partial charge in [-0.3, -0.25) is 4.99 Å². The maximum absolute atomic E-state index is 5.87. The van der Waals surface area contributed by atoms with E-state index in [0.29, 0.717) is 12.6 Å². The maximum atomic E-state index is 5.87. The summed E-state index contributed by atoms with van der Waals surface area (Å²) in [6.07, 6.45) is 2.88. The average Bonchev–Trinajstić information content (AvgIpc) is 2.60. The van der Waals surface area contributed by atoms with Crippen molar-refractivity contribution in [1.29, 1.82) is 0 Å². The van der Waals surface area contributed by atoms with Crippen LogP contribution in [0.15, 0.2) is 59.6 Å². The number of unbranched alkanes of at least 4 members (excludes halogenated alkanes) is 1. The highest BCUT2D eigenvalue weighted by Gasteiger charge is 1.95. The molecule has 4 nitrogen and oxygen atoms in total. The first-order valence-electron chi connectivity index (χ1n) is 8.51. The molecule has 0 aliphatic rings. The van der Waals surface area contributed by atoms with E-state index in [2.05, 4.69) is 41.5 Å². The summed E-state index contributed by atoms with van der Waals surface area (Å²) in [6, 6.07) is 18.5. The fourth-order valence-electron chi connectivity index (χ4n) is 2.27. The molecule has 0 aromatic heterocycles. The zero-order valence-electron chi connectivity index (χ0n) is 14.4. The van der Waals surface area contributed by atoms with Crippen molar-refractivity contribution in [3.63, 3.8) is 0 Å². The Bertz CT molecular complexity index is 609. The molecular weight excluding hydrogens is 298 g/mol. The fourth-order valence-corrected chi connectivity index (χ4v) is 2.27. The molecule has 24 heavy (non-hydrogen) atoms. The van der Waals surface area contributed by atoms with Gasteiger partial charge in [0, 0.05) is 13.1 Å². The average molecular weight is 325 g/mol. The number of ether oxygens (including phenoxy) is 1. The summed E-state index contributed by atoms with van der Waals surface area (Å²) >= 11 is 0. The minimum absolute atomic E-state index is 0.519. The zero-order chi connectivity index (χ0) is 17.0. The third kappa shape index (κ3) is 7.18. The number of guanidine groups is 1. The van der Waals surface area contributed by atoms with Crippen molar-refractivity contribution in [3.05, 3.63) is 65.7 Å². The van der Waals surface area contributed by atoms with E-state index in [0.717, 1.165) is 38.1 Å². The highest BCUT2D eigenvalue weighted by atomic mass is 16.5. The van der Waals surface area contributed by atoms with Crippen molar-refractivity contribution in [1.82, 2.24) is 5.32 Å². The van der Waals surface area contributed by atoms with Gasteiger partial charge in [0.05, 0.1) is 6.61 Å². The maximum Gasteiger partial charge on any atom is 0.188 e. The number of nitrogens with zero attached hydrogens (tertiary/aromatic N) is 1. The minimum Gasteiger partial charge on any atom is -0.494 e. The van der Waals surface area contributed by atoms with Gasteiger partial charge < -0.3 is 15.8 Å². The molecule has 0 unspecified atom stereocenters. The van der Waals surface area contributed by atoms with E-state index in [9.17, 15) is 0 Å². The Morgan fingerprint density at radius 2 is 1.79 bits per heavy atom. The van der Waals surface area contributed by atoms with Gasteiger partial charge in [-0.05, 0) is 43.9 Å². The minimum atomic E-state index is 0.519. The molecule has 4 heteroatoms. The van der Waals surface area contributed by atoms with Crippen LogP contribution in [-0.2, 0) is 6.42 Å². The zero-order valence-corrected chi connectivity index (χ0v) is 14.4. The van der Waals surface area contributed by atoms with Crippen molar-refractivity contribution in [2.24, 2.45) is 10.7 Å². The van der Waals surface area contributed by atoms with Crippen LogP contribution in [0.1, 0.15) is 24.0 Å². The summed E-state index contributed by atoms with van der Waals surface area (Å²) in [4.78, 5) is 4.34. The molecule has 2 rings (SSSR count). The van der Waals surface area contributed by atoms with Gasteiger partial charge in [0.15, 0.2) is 5.96 Å². The highest BCUT2D eigenvalue weighted by Crippen LogP contribution is 2.11. The number of hydrogen-bond acceptors (Lipinski definition) is 2. The molecule has 0 fully saturated rings. The third-order valence-electron chi connectivity index (χ3n) is 3.69. The lowest BCUT2D eigenvalue weighted by Gasteiger charge is -2.07. The Labute approximate surface area is 144 Å². The van der Waals surface area contributed by atoms with Crippen LogP contribution in [0.25, 0.3) is 0 Å². The van der Waals surface area contributed by atoms with Crippen LogP contribution < -0.4 is 15.8 Å². The molecule has 0 amide bonds. The molecule has 2 aromatic carbocycles. The summed E-state index contributed by atoms with van der Waals surface area (Å²) in [7, 11) is 0. The smallest absolute Gasteiger partial charge is 0.188 e. The monoisotopic (exact) mass is 325 g/mol. The van der Waals surface area contributed by atoms with E-state index < -0.39 is 0 Å². The predicted octanol–water partition coefficient (Wildman–Crippen LogP) is 3.30. The first-order chi connectivity index (χ1) is 11.7. The van der Waals surface area contributed by atoms with Crippen LogP contribution in [0.2, 0.25) is 0 Å². The molecule has 0 atom stereocenters. The van der Waals surface area contributed by atoms with Crippen LogP contribution >= 0.6 is 0 Å². The molecule has 2 aromatic rings. The number of rotatable bonds is 9. The van der Waals surface area contributed by atoms with Gasteiger partial charge in [-0.1, -0.05) is 48.0 Å². The van der Waals surface area contributed by atoms with E-state index >= 15 is 0 Å². The summed E-state index contributed by atoms with van der Waals surface area (Å²) in [5.41, 5.74) is 8.41. The second-order valence-corrected chi connectivity index (χ2v) is 5.80. The summed E-state index contributed by atoms with van der Waals surface area (Å²) in [5.74, 6) is 1.44. The van der Waals surface area contributed by atoms with Crippen molar-refractivity contribution in [2.45, 2.75) is 26.2 Å². The lowest BCUT2D eigenvalue weighted by atomic mass is 10.1. The molecule has 0 heterocycles. The number of benzene rings is 2. The second kappa shape index (κ2) is 10.3. The topological polar surface area (TPSA) is 59.6 Å². The standard InChI is InChI=1S/C20H27N3O/c1-17-9-11-19(12-10-17)24-16-6-5-14-22-20(21)23-15-13-18-7-3-2-4-8-18/h2-4,7-12H,5-6,13-16H2,1H3,(H3,21,22,23). The van der Waals surface area contributed by atoms with E-state index in [-0.39, 0.29) is 0 Å². The van der Waals surface area contributed by atoms with Gasteiger partial charge >= 0.3 is 0 Å². The lowest BCUT2D eigenvalue weighted by molar-refractivity contribution is 0.308. The van der Waals surface area contributed by atoms with Crippen molar-refractivity contribution in [3.8, 4) is 5.75 Å². The van der Waals surface area contributed by atoms with E-state index in [1.165, 1.54) is 11.1 Å².